The number of rotatable bonds is 2. The van der Waals surface area contributed by atoms with Crippen molar-refractivity contribution in [2.75, 3.05) is 33.7 Å². The maximum absolute atomic E-state index is 10.8. The van der Waals surface area contributed by atoms with E-state index in [0.717, 1.165) is 25.6 Å². The molecule has 0 aromatic rings. The lowest BCUT2D eigenvalue weighted by molar-refractivity contribution is -0.00258. The Bertz CT molecular complexity index is 259. The zero-order chi connectivity index (χ0) is 13.1. The van der Waals surface area contributed by atoms with Crippen LogP contribution in [0.4, 0.5) is 0 Å². The molecular formula is C15H30N2O. The molecular weight excluding hydrogens is 224 g/mol. The number of nitrogens with zero attached hydrogens (tertiary/aromatic N) is 2. The summed E-state index contributed by atoms with van der Waals surface area (Å²) in [5.74, 6) is 1.32. The molecule has 3 nitrogen and oxygen atoms in total. The minimum atomic E-state index is -0.140. The molecule has 0 radical (unpaired) electrons. The third-order valence-electron chi connectivity index (χ3n) is 4.97. The maximum atomic E-state index is 10.8. The van der Waals surface area contributed by atoms with Gasteiger partial charge in [-0.1, -0.05) is 19.8 Å². The van der Waals surface area contributed by atoms with E-state index < -0.39 is 0 Å². The van der Waals surface area contributed by atoms with E-state index in [0.29, 0.717) is 12.0 Å². The topological polar surface area (TPSA) is 26.7 Å². The molecule has 1 saturated heterocycles. The zero-order valence-electron chi connectivity index (χ0n) is 12.3. The van der Waals surface area contributed by atoms with Gasteiger partial charge in [-0.05, 0) is 58.3 Å². The van der Waals surface area contributed by atoms with Gasteiger partial charge < -0.3 is 10.0 Å². The molecule has 2 rings (SSSR count). The van der Waals surface area contributed by atoms with Crippen LogP contribution in [0.1, 0.15) is 39.0 Å². The van der Waals surface area contributed by atoms with Crippen molar-refractivity contribution in [1.82, 2.24) is 9.80 Å². The van der Waals surface area contributed by atoms with Crippen molar-refractivity contribution in [3.8, 4) is 0 Å². The van der Waals surface area contributed by atoms with Gasteiger partial charge in [-0.15, -0.1) is 0 Å². The molecule has 0 amide bonds. The average molecular weight is 254 g/mol. The maximum Gasteiger partial charge on any atom is 0.0735 e. The number of aliphatic hydroxyl groups is 1. The van der Waals surface area contributed by atoms with E-state index in [4.69, 9.17) is 0 Å². The molecule has 2 aliphatic rings. The summed E-state index contributed by atoms with van der Waals surface area (Å²) < 4.78 is 0. The van der Waals surface area contributed by atoms with Gasteiger partial charge in [-0.25, -0.2) is 0 Å². The summed E-state index contributed by atoms with van der Waals surface area (Å²) in [7, 11) is 4.36. The third kappa shape index (κ3) is 3.46. The van der Waals surface area contributed by atoms with Crippen molar-refractivity contribution in [2.24, 2.45) is 11.8 Å². The van der Waals surface area contributed by atoms with Crippen molar-refractivity contribution in [3.05, 3.63) is 0 Å². The highest BCUT2D eigenvalue weighted by molar-refractivity contribution is 4.88. The molecule has 0 aromatic carbocycles. The van der Waals surface area contributed by atoms with Gasteiger partial charge in [0.15, 0.2) is 0 Å². The first-order valence-corrected chi connectivity index (χ1v) is 7.64. The van der Waals surface area contributed by atoms with Gasteiger partial charge in [0.25, 0.3) is 0 Å². The molecule has 0 bridgehead atoms. The molecule has 4 atom stereocenters. The Morgan fingerprint density at radius 3 is 2.61 bits per heavy atom. The van der Waals surface area contributed by atoms with Gasteiger partial charge in [-0.3, -0.25) is 4.90 Å². The minimum Gasteiger partial charge on any atom is -0.391 e. The molecule has 2 fully saturated rings. The van der Waals surface area contributed by atoms with E-state index in [1.807, 2.05) is 0 Å². The zero-order valence-corrected chi connectivity index (χ0v) is 12.3. The molecule has 0 spiro atoms. The largest absolute Gasteiger partial charge is 0.391 e. The molecule has 3 heteroatoms. The van der Waals surface area contributed by atoms with Gasteiger partial charge in [0, 0.05) is 12.6 Å². The highest BCUT2D eigenvalue weighted by Gasteiger charge is 2.34. The first kappa shape index (κ1) is 14.3. The van der Waals surface area contributed by atoms with E-state index in [1.165, 1.54) is 32.1 Å². The van der Waals surface area contributed by atoms with Crippen LogP contribution in [0.2, 0.25) is 0 Å². The molecule has 0 aromatic heterocycles. The van der Waals surface area contributed by atoms with Crippen molar-refractivity contribution >= 4 is 0 Å². The monoisotopic (exact) mass is 254 g/mol. The van der Waals surface area contributed by atoms with Gasteiger partial charge in [0.05, 0.1) is 6.10 Å². The summed E-state index contributed by atoms with van der Waals surface area (Å²) in [6.45, 7) is 5.63. The Balaban J connectivity index is 1.98. The second kappa shape index (κ2) is 6.36. The Morgan fingerprint density at radius 1 is 1.11 bits per heavy atom. The van der Waals surface area contributed by atoms with Crippen molar-refractivity contribution in [1.29, 1.82) is 0 Å². The molecule has 1 saturated carbocycles. The van der Waals surface area contributed by atoms with Crippen LogP contribution in [0.15, 0.2) is 0 Å². The van der Waals surface area contributed by atoms with Gasteiger partial charge >= 0.3 is 0 Å². The average Bonchev–Trinajstić information content (AvgIpc) is 2.50. The highest BCUT2D eigenvalue weighted by Crippen LogP contribution is 2.33. The van der Waals surface area contributed by atoms with Gasteiger partial charge in [-0.2, -0.15) is 0 Å². The van der Waals surface area contributed by atoms with Crippen LogP contribution in [-0.2, 0) is 0 Å². The summed E-state index contributed by atoms with van der Waals surface area (Å²) in [4.78, 5) is 4.76. The second-order valence-electron chi connectivity index (χ2n) is 6.69. The summed E-state index contributed by atoms with van der Waals surface area (Å²) in [6.07, 6.45) is 6.17. The highest BCUT2D eigenvalue weighted by atomic mass is 16.3. The molecule has 1 aliphatic carbocycles. The first-order valence-electron chi connectivity index (χ1n) is 7.64. The fraction of sp³-hybridized carbons (Fsp3) is 1.00. The fourth-order valence-corrected chi connectivity index (χ4v) is 3.78. The molecule has 106 valence electrons. The predicted molar refractivity (Wildman–Crippen MR) is 75.7 cm³/mol. The molecule has 1 heterocycles. The second-order valence-corrected chi connectivity index (χ2v) is 6.69. The lowest BCUT2D eigenvalue weighted by atomic mass is 9.77. The third-order valence-corrected chi connectivity index (χ3v) is 4.97. The van der Waals surface area contributed by atoms with Crippen molar-refractivity contribution in [2.45, 2.75) is 51.2 Å². The number of likely N-dealkylation sites (N-methyl/N-ethyl adjacent to an activating group) is 2. The SMILES string of the molecule is CC1CCCC(C(O)C2CN(C)CCCN2C)C1. The number of aliphatic hydroxyl groups excluding tert-OH is 1. The van der Waals surface area contributed by atoms with Crippen molar-refractivity contribution < 1.29 is 5.11 Å². The van der Waals surface area contributed by atoms with Crippen LogP contribution in [0.5, 0.6) is 0 Å². The fourth-order valence-electron chi connectivity index (χ4n) is 3.78. The number of hydrogen-bond acceptors (Lipinski definition) is 3. The molecule has 18 heavy (non-hydrogen) atoms. The minimum absolute atomic E-state index is 0.140. The van der Waals surface area contributed by atoms with E-state index in [2.05, 4.69) is 30.8 Å². The lowest BCUT2D eigenvalue weighted by Gasteiger charge is -2.38. The smallest absolute Gasteiger partial charge is 0.0735 e. The van der Waals surface area contributed by atoms with Crippen LogP contribution in [-0.4, -0.2) is 60.8 Å². The van der Waals surface area contributed by atoms with E-state index in [1.54, 1.807) is 0 Å². The van der Waals surface area contributed by atoms with Gasteiger partial charge in [0.1, 0.15) is 0 Å². The summed E-state index contributed by atoms with van der Waals surface area (Å²) in [5.41, 5.74) is 0. The predicted octanol–water partition coefficient (Wildman–Crippen LogP) is 1.81. The van der Waals surface area contributed by atoms with E-state index in [9.17, 15) is 5.11 Å². The van der Waals surface area contributed by atoms with Gasteiger partial charge in [0.2, 0.25) is 0 Å². The summed E-state index contributed by atoms with van der Waals surface area (Å²) in [5, 5.41) is 10.8. The Morgan fingerprint density at radius 2 is 1.89 bits per heavy atom. The van der Waals surface area contributed by atoms with E-state index in [-0.39, 0.29) is 6.10 Å². The molecule has 4 unspecified atom stereocenters. The van der Waals surface area contributed by atoms with Crippen LogP contribution in [0.3, 0.4) is 0 Å². The van der Waals surface area contributed by atoms with Crippen LogP contribution in [0, 0.1) is 11.8 Å². The number of hydrogen-bond donors (Lipinski definition) is 1. The Labute approximate surface area is 112 Å². The normalized spacial score (nSPS) is 38.3. The van der Waals surface area contributed by atoms with Crippen molar-refractivity contribution in [3.63, 3.8) is 0 Å². The van der Waals surface area contributed by atoms with Crippen LogP contribution < -0.4 is 0 Å². The first-order chi connectivity index (χ1) is 8.58. The van der Waals surface area contributed by atoms with Crippen LogP contribution >= 0.6 is 0 Å². The standard InChI is InChI=1S/C15H30N2O/c1-12-6-4-7-13(10-12)15(18)14-11-16(2)8-5-9-17(14)3/h12-15,18H,4-11H2,1-3H3. The Hall–Kier alpha value is -0.120. The molecule has 1 aliphatic heterocycles. The Kier molecular flexibility index (Phi) is 5.05. The summed E-state index contributed by atoms with van der Waals surface area (Å²) in [6, 6.07) is 0.327. The summed E-state index contributed by atoms with van der Waals surface area (Å²) >= 11 is 0. The molecule has 1 N–H and O–H groups in total. The lowest BCUT2D eigenvalue weighted by Crippen LogP contribution is -2.49. The van der Waals surface area contributed by atoms with Crippen LogP contribution in [0.25, 0.3) is 0 Å². The van der Waals surface area contributed by atoms with E-state index >= 15 is 0 Å². The quantitative estimate of drug-likeness (QED) is 0.814.